The van der Waals surface area contributed by atoms with Crippen LogP contribution in [0.2, 0.25) is 0 Å². The first-order valence-corrected chi connectivity index (χ1v) is 12.5. The molecule has 0 amide bonds. The first-order chi connectivity index (χ1) is 16.5. The van der Waals surface area contributed by atoms with Crippen molar-refractivity contribution in [2.24, 2.45) is 0 Å². The molecule has 3 aliphatic rings. The van der Waals surface area contributed by atoms with E-state index >= 15 is 0 Å². The van der Waals surface area contributed by atoms with E-state index in [1.165, 1.54) is 46.4 Å². The number of nitrogens with zero attached hydrogens (tertiary/aromatic N) is 2. The molecule has 6 rings (SSSR count). The summed E-state index contributed by atoms with van der Waals surface area (Å²) in [4.78, 5) is 7.16. The van der Waals surface area contributed by atoms with Crippen LogP contribution in [0, 0.1) is 6.92 Å². The van der Waals surface area contributed by atoms with Crippen molar-refractivity contribution in [3.8, 4) is 5.75 Å². The van der Waals surface area contributed by atoms with Crippen molar-refractivity contribution in [3.63, 3.8) is 0 Å². The van der Waals surface area contributed by atoms with E-state index in [-0.39, 0.29) is 12.1 Å². The molecule has 0 radical (unpaired) electrons. The maximum atomic E-state index is 6.35. The summed E-state index contributed by atoms with van der Waals surface area (Å²) in [5.74, 6) is 3.58. The molecule has 0 saturated heterocycles. The van der Waals surface area contributed by atoms with E-state index in [9.17, 15) is 0 Å². The molecule has 0 N–H and O–H groups in total. The molecule has 1 aliphatic heterocycles. The van der Waals surface area contributed by atoms with E-state index in [0.717, 1.165) is 35.9 Å². The highest BCUT2D eigenvalue weighted by Crippen LogP contribution is 2.44. The van der Waals surface area contributed by atoms with Crippen LogP contribution in [-0.2, 0) is 6.42 Å². The number of para-hydroxylation sites is 2. The third-order valence-corrected chi connectivity index (χ3v) is 7.75. The van der Waals surface area contributed by atoms with Crippen molar-refractivity contribution in [2.75, 3.05) is 11.9 Å². The maximum absolute atomic E-state index is 6.35. The van der Waals surface area contributed by atoms with Gasteiger partial charge in [-0.3, -0.25) is 0 Å². The van der Waals surface area contributed by atoms with Crippen LogP contribution in [0.5, 0.6) is 5.75 Å². The molecule has 4 heteroatoms. The van der Waals surface area contributed by atoms with Gasteiger partial charge >= 0.3 is 0 Å². The zero-order chi connectivity index (χ0) is 23.4. The molecule has 4 nitrogen and oxygen atoms in total. The van der Waals surface area contributed by atoms with Crippen LogP contribution in [-0.4, -0.2) is 12.0 Å². The molecule has 3 unspecified atom stereocenters. The van der Waals surface area contributed by atoms with Gasteiger partial charge in [0.15, 0.2) is 6.23 Å². The van der Waals surface area contributed by atoms with Crippen LogP contribution < -0.4 is 9.64 Å². The van der Waals surface area contributed by atoms with E-state index in [1.807, 2.05) is 12.1 Å². The Kier molecular flexibility index (Phi) is 5.13. The third kappa shape index (κ3) is 3.48. The number of aryl methyl sites for hydroxylation is 2. The summed E-state index contributed by atoms with van der Waals surface area (Å²) in [6, 6.07) is 15.0. The minimum absolute atomic E-state index is 0.118. The Morgan fingerprint density at radius 1 is 1.09 bits per heavy atom. The molecular weight excluding hydrogens is 420 g/mol. The van der Waals surface area contributed by atoms with E-state index < -0.39 is 0 Å². The topological polar surface area (TPSA) is 38.5 Å². The minimum Gasteiger partial charge on any atom is -0.464 e. The Hall–Kier alpha value is -3.27. The van der Waals surface area contributed by atoms with Crippen LogP contribution in [0.1, 0.15) is 85.2 Å². The molecule has 2 aromatic carbocycles. The average molecular weight is 453 g/mol. The van der Waals surface area contributed by atoms with E-state index in [1.54, 1.807) is 0 Å². The lowest BCUT2D eigenvalue weighted by Gasteiger charge is -2.24. The number of allylic oxidation sites excluding steroid dienone is 4. The summed E-state index contributed by atoms with van der Waals surface area (Å²) in [7, 11) is 2.10. The number of oxazole rings is 1. The Labute approximate surface area is 202 Å². The van der Waals surface area contributed by atoms with Crippen LogP contribution in [0.25, 0.3) is 5.57 Å². The van der Waals surface area contributed by atoms with E-state index in [2.05, 4.69) is 75.2 Å². The summed E-state index contributed by atoms with van der Waals surface area (Å²) in [5, 5.41) is 0. The van der Waals surface area contributed by atoms with Crippen molar-refractivity contribution < 1.29 is 9.15 Å². The molecule has 174 valence electrons. The fraction of sp³-hybridized carbons (Fsp3) is 0.367. The van der Waals surface area contributed by atoms with Crippen LogP contribution >= 0.6 is 0 Å². The molecule has 0 fully saturated rings. The quantitative estimate of drug-likeness (QED) is 0.413. The van der Waals surface area contributed by atoms with Crippen LogP contribution in [0.4, 0.5) is 5.69 Å². The lowest BCUT2D eigenvalue weighted by molar-refractivity contribution is 0.235. The molecule has 2 aliphatic carbocycles. The molecule has 3 aromatic rings. The van der Waals surface area contributed by atoms with Crippen molar-refractivity contribution in [3.05, 3.63) is 94.2 Å². The maximum Gasteiger partial charge on any atom is 0.201 e. The van der Waals surface area contributed by atoms with Crippen LogP contribution in [0.3, 0.4) is 0 Å². The first kappa shape index (κ1) is 21.3. The molecule has 1 aromatic heterocycles. The number of ether oxygens (including phenoxy) is 1. The number of aromatic nitrogens is 1. The lowest BCUT2D eigenvalue weighted by Crippen LogP contribution is -2.22. The summed E-state index contributed by atoms with van der Waals surface area (Å²) < 4.78 is 12.7. The molecule has 3 atom stereocenters. The van der Waals surface area contributed by atoms with Crippen molar-refractivity contribution in [2.45, 2.75) is 64.5 Å². The molecule has 0 bridgehead atoms. The van der Waals surface area contributed by atoms with Gasteiger partial charge in [-0.15, -0.1) is 0 Å². The number of hydrogen-bond donors (Lipinski definition) is 0. The van der Waals surface area contributed by atoms with Crippen LogP contribution in [0.15, 0.2) is 64.6 Å². The lowest BCUT2D eigenvalue weighted by atomic mass is 9.84. The number of anilines is 1. The second-order valence-electron chi connectivity index (χ2n) is 10.1. The fourth-order valence-electron chi connectivity index (χ4n) is 5.70. The minimum atomic E-state index is -0.118. The Morgan fingerprint density at radius 2 is 1.94 bits per heavy atom. The average Bonchev–Trinajstić information content (AvgIpc) is 3.43. The van der Waals surface area contributed by atoms with Gasteiger partial charge in [-0.05, 0) is 80.0 Å². The van der Waals surface area contributed by atoms with Crippen molar-refractivity contribution in [1.29, 1.82) is 0 Å². The third-order valence-electron chi connectivity index (χ3n) is 7.75. The van der Waals surface area contributed by atoms with Gasteiger partial charge in [0.05, 0.1) is 17.3 Å². The zero-order valence-electron chi connectivity index (χ0n) is 20.5. The Balaban J connectivity index is 1.31. The van der Waals surface area contributed by atoms with Gasteiger partial charge in [0.25, 0.3) is 0 Å². The Bertz CT molecular complexity index is 1320. The monoisotopic (exact) mass is 452 g/mol. The van der Waals surface area contributed by atoms with Crippen molar-refractivity contribution in [1.82, 2.24) is 4.98 Å². The van der Waals surface area contributed by atoms with Gasteiger partial charge < -0.3 is 14.1 Å². The van der Waals surface area contributed by atoms with E-state index in [0.29, 0.717) is 5.92 Å². The summed E-state index contributed by atoms with van der Waals surface area (Å²) in [5.41, 5.74) is 8.74. The smallest absolute Gasteiger partial charge is 0.201 e. The number of rotatable bonds is 3. The van der Waals surface area contributed by atoms with E-state index in [4.69, 9.17) is 14.1 Å². The second-order valence-corrected chi connectivity index (χ2v) is 10.1. The summed E-state index contributed by atoms with van der Waals surface area (Å²) in [6.07, 6.45) is 8.74. The number of benzene rings is 2. The van der Waals surface area contributed by atoms with Gasteiger partial charge in [0.1, 0.15) is 11.5 Å². The summed E-state index contributed by atoms with van der Waals surface area (Å²) >= 11 is 0. The number of hydrogen-bond acceptors (Lipinski definition) is 4. The predicted molar refractivity (Wildman–Crippen MR) is 136 cm³/mol. The second kappa shape index (κ2) is 8.19. The normalized spacial score (nSPS) is 23.6. The van der Waals surface area contributed by atoms with Gasteiger partial charge in [-0.2, -0.15) is 0 Å². The van der Waals surface area contributed by atoms with Crippen molar-refractivity contribution >= 4 is 11.3 Å². The standard InChI is InChI=1S/C30H32N2O2/c1-18-12-14-21(29-31-25-9-7-8-20(3)28(25)34-29)16-23(18)24-17-22(15-13-19(24)2)30-32(4)26-10-5-6-11-27(26)33-30/h5-6,10-15,17,20-21,30H,7-9,16H2,1-4H3. The Morgan fingerprint density at radius 3 is 2.76 bits per heavy atom. The fourth-order valence-corrected chi connectivity index (χ4v) is 5.70. The SMILES string of the molecule is CC1=C(c2cc(C3Oc4ccccc4N3C)ccc2C)CC(c2nc3c(o2)C(C)CCC3)C=C1. The molecular formula is C30H32N2O2. The van der Waals surface area contributed by atoms with Gasteiger partial charge in [-0.25, -0.2) is 4.98 Å². The highest BCUT2D eigenvalue weighted by Gasteiger charge is 2.31. The highest BCUT2D eigenvalue weighted by atomic mass is 16.5. The van der Waals surface area contributed by atoms with Gasteiger partial charge in [0, 0.05) is 18.5 Å². The van der Waals surface area contributed by atoms with Gasteiger partial charge in [-0.1, -0.05) is 43.3 Å². The molecule has 0 saturated carbocycles. The predicted octanol–water partition coefficient (Wildman–Crippen LogP) is 7.47. The van der Waals surface area contributed by atoms with Gasteiger partial charge in [0.2, 0.25) is 5.89 Å². The number of fused-ring (bicyclic) bond motifs is 2. The summed E-state index contributed by atoms with van der Waals surface area (Å²) in [6.45, 7) is 6.67. The zero-order valence-corrected chi connectivity index (χ0v) is 20.5. The first-order valence-electron chi connectivity index (χ1n) is 12.5. The highest BCUT2D eigenvalue weighted by molar-refractivity contribution is 5.75. The largest absolute Gasteiger partial charge is 0.464 e. The molecule has 34 heavy (non-hydrogen) atoms. The molecule has 0 spiro atoms. The molecule has 2 heterocycles.